The van der Waals surface area contributed by atoms with Gasteiger partial charge in [-0.2, -0.15) is 13.2 Å². The van der Waals surface area contributed by atoms with Crippen LogP contribution in [0, 0.1) is 6.92 Å². The first-order chi connectivity index (χ1) is 15.5. The van der Waals surface area contributed by atoms with Crippen LogP contribution in [0.5, 0.6) is 0 Å². The summed E-state index contributed by atoms with van der Waals surface area (Å²) in [5.41, 5.74) is 1.65. The van der Waals surface area contributed by atoms with Crippen LogP contribution in [-0.4, -0.2) is 26.4 Å². The fourth-order valence-electron chi connectivity index (χ4n) is 3.42. The number of sulfonamides is 1. The normalized spacial score (nSPS) is 12.9. The molecule has 1 amide bonds. The standard InChI is InChI=1S/C23H22F3N3O3S/c1-15-14-28-11-10-18(15)16-6-5-7-17(12-16)20(13-22(30)27-2)29-33(31,32)21-9-4-3-8-19(21)23(24,25)26/h3-12,14,20,29H,13H2,1-2H3,(H,27,30)/t20-/m0/s1. The van der Waals surface area contributed by atoms with Crippen LogP contribution in [-0.2, 0) is 21.0 Å². The predicted octanol–water partition coefficient (Wildman–Crippen LogP) is 4.23. The van der Waals surface area contributed by atoms with Gasteiger partial charge in [-0.3, -0.25) is 9.78 Å². The van der Waals surface area contributed by atoms with Crippen molar-refractivity contribution in [1.29, 1.82) is 0 Å². The van der Waals surface area contributed by atoms with E-state index in [9.17, 15) is 26.4 Å². The van der Waals surface area contributed by atoms with Crippen LogP contribution >= 0.6 is 0 Å². The summed E-state index contributed by atoms with van der Waals surface area (Å²) in [6.07, 6.45) is -1.86. The number of halogens is 3. The second-order valence-electron chi connectivity index (χ2n) is 7.36. The van der Waals surface area contributed by atoms with E-state index in [-0.39, 0.29) is 6.42 Å². The highest BCUT2D eigenvalue weighted by Gasteiger charge is 2.37. The van der Waals surface area contributed by atoms with Crippen LogP contribution in [0.4, 0.5) is 13.2 Å². The summed E-state index contributed by atoms with van der Waals surface area (Å²) in [4.78, 5) is 15.3. The molecule has 1 aromatic heterocycles. The van der Waals surface area contributed by atoms with Gasteiger partial charge in [0.2, 0.25) is 15.9 Å². The number of hydrogen-bond donors (Lipinski definition) is 2. The first kappa shape index (κ1) is 24.4. The van der Waals surface area contributed by atoms with Gasteiger partial charge in [0.05, 0.1) is 16.5 Å². The van der Waals surface area contributed by atoms with Gasteiger partial charge < -0.3 is 5.32 Å². The van der Waals surface area contributed by atoms with E-state index in [0.717, 1.165) is 28.8 Å². The van der Waals surface area contributed by atoms with E-state index < -0.39 is 38.6 Å². The number of nitrogens with one attached hydrogen (secondary N) is 2. The average Bonchev–Trinajstić information content (AvgIpc) is 2.78. The third-order valence-electron chi connectivity index (χ3n) is 5.07. The van der Waals surface area contributed by atoms with Crippen molar-refractivity contribution in [2.45, 2.75) is 30.5 Å². The van der Waals surface area contributed by atoms with Crippen molar-refractivity contribution >= 4 is 15.9 Å². The Morgan fingerprint density at radius 1 is 1.09 bits per heavy atom. The van der Waals surface area contributed by atoms with Gasteiger partial charge in [-0.05, 0) is 53.4 Å². The average molecular weight is 478 g/mol. The highest BCUT2D eigenvalue weighted by molar-refractivity contribution is 7.89. The number of carbonyl (C=O) groups excluding carboxylic acids is 1. The zero-order chi connectivity index (χ0) is 24.2. The number of aromatic nitrogens is 1. The zero-order valence-electron chi connectivity index (χ0n) is 17.8. The van der Waals surface area contributed by atoms with Crippen LogP contribution in [0.1, 0.15) is 29.2 Å². The molecule has 0 fully saturated rings. The molecule has 0 aliphatic heterocycles. The minimum absolute atomic E-state index is 0.303. The Morgan fingerprint density at radius 3 is 2.48 bits per heavy atom. The molecule has 2 aromatic carbocycles. The van der Waals surface area contributed by atoms with E-state index in [1.54, 1.807) is 36.7 Å². The first-order valence-corrected chi connectivity index (χ1v) is 11.4. The second-order valence-corrected chi connectivity index (χ2v) is 9.04. The summed E-state index contributed by atoms with van der Waals surface area (Å²) in [6, 6.07) is 11.4. The fourth-order valence-corrected chi connectivity index (χ4v) is 4.87. The number of carbonyl (C=O) groups is 1. The monoisotopic (exact) mass is 477 g/mol. The van der Waals surface area contributed by atoms with Gasteiger partial charge in [0, 0.05) is 25.9 Å². The fraction of sp³-hybridized carbons (Fsp3) is 0.217. The molecule has 174 valence electrons. The van der Waals surface area contributed by atoms with Crippen LogP contribution in [0.15, 0.2) is 71.9 Å². The lowest BCUT2D eigenvalue weighted by Gasteiger charge is -2.21. The van der Waals surface area contributed by atoms with Crippen molar-refractivity contribution in [2.75, 3.05) is 7.05 Å². The molecule has 3 aromatic rings. The maximum Gasteiger partial charge on any atom is 0.417 e. The molecule has 1 heterocycles. The quantitative estimate of drug-likeness (QED) is 0.533. The molecule has 6 nitrogen and oxygen atoms in total. The van der Waals surface area contributed by atoms with E-state index >= 15 is 0 Å². The summed E-state index contributed by atoms with van der Waals surface area (Å²) in [7, 11) is -3.23. The Labute approximate surface area is 189 Å². The molecular formula is C23H22F3N3O3S. The Bertz CT molecular complexity index is 1260. The van der Waals surface area contributed by atoms with Crippen molar-refractivity contribution in [3.05, 3.63) is 83.7 Å². The van der Waals surface area contributed by atoms with Gasteiger partial charge in [0.1, 0.15) is 0 Å². The molecular weight excluding hydrogens is 455 g/mol. The Hall–Kier alpha value is -3.24. The molecule has 3 rings (SSSR count). The van der Waals surface area contributed by atoms with Crippen molar-refractivity contribution in [3.8, 4) is 11.1 Å². The minimum Gasteiger partial charge on any atom is -0.359 e. The molecule has 0 saturated heterocycles. The van der Waals surface area contributed by atoms with E-state index in [2.05, 4.69) is 15.0 Å². The smallest absolute Gasteiger partial charge is 0.359 e. The van der Waals surface area contributed by atoms with Crippen LogP contribution in [0.3, 0.4) is 0 Å². The largest absolute Gasteiger partial charge is 0.417 e. The zero-order valence-corrected chi connectivity index (χ0v) is 18.7. The molecule has 0 saturated carbocycles. The van der Waals surface area contributed by atoms with Gasteiger partial charge in [-0.15, -0.1) is 0 Å². The minimum atomic E-state index is -4.86. The molecule has 0 aliphatic rings. The number of hydrogen-bond acceptors (Lipinski definition) is 4. The summed E-state index contributed by atoms with van der Waals surface area (Å²) in [5.74, 6) is -0.475. The van der Waals surface area contributed by atoms with Crippen molar-refractivity contribution < 1.29 is 26.4 Å². The van der Waals surface area contributed by atoms with Gasteiger partial charge in [0.15, 0.2) is 0 Å². The molecule has 0 spiro atoms. The molecule has 33 heavy (non-hydrogen) atoms. The SMILES string of the molecule is CNC(=O)C[C@H](NS(=O)(=O)c1ccccc1C(F)(F)F)c1cccc(-c2ccncc2C)c1. The van der Waals surface area contributed by atoms with Gasteiger partial charge in [-0.25, -0.2) is 13.1 Å². The number of amides is 1. The number of pyridine rings is 1. The van der Waals surface area contributed by atoms with E-state index in [1.807, 2.05) is 13.0 Å². The second kappa shape index (κ2) is 9.72. The van der Waals surface area contributed by atoms with E-state index in [0.29, 0.717) is 11.6 Å². The number of benzene rings is 2. The first-order valence-electron chi connectivity index (χ1n) is 9.93. The molecule has 0 radical (unpaired) electrons. The lowest BCUT2D eigenvalue weighted by Crippen LogP contribution is -2.33. The van der Waals surface area contributed by atoms with E-state index in [4.69, 9.17) is 0 Å². The molecule has 2 N–H and O–H groups in total. The molecule has 0 unspecified atom stereocenters. The lowest BCUT2D eigenvalue weighted by atomic mass is 9.97. The van der Waals surface area contributed by atoms with Gasteiger partial charge >= 0.3 is 6.18 Å². The summed E-state index contributed by atoms with van der Waals surface area (Å²) in [5, 5.41) is 2.42. The number of aryl methyl sites for hydroxylation is 1. The van der Waals surface area contributed by atoms with Crippen molar-refractivity contribution in [2.24, 2.45) is 0 Å². The highest BCUT2D eigenvalue weighted by Crippen LogP contribution is 2.35. The maximum absolute atomic E-state index is 13.4. The summed E-state index contributed by atoms with van der Waals surface area (Å²) < 4.78 is 68.6. The van der Waals surface area contributed by atoms with Crippen molar-refractivity contribution in [3.63, 3.8) is 0 Å². The maximum atomic E-state index is 13.4. The third kappa shape index (κ3) is 5.77. The number of rotatable bonds is 7. The summed E-state index contributed by atoms with van der Waals surface area (Å²) >= 11 is 0. The molecule has 1 atom stereocenters. The lowest BCUT2D eigenvalue weighted by molar-refractivity contribution is -0.139. The van der Waals surface area contributed by atoms with E-state index in [1.165, 1.54) is 13.1 Å². The molecule has 0 aliphatic carbocycles. The Balaban J connectivity index is 2.05. The predicted molar refractivity (Wildman–Crippen MR) is 118 cm³/mol. The molecule has 10 heteroatoms. The van der Waals surface area contributed by atoms with Gasteiger partial charge in [-0.1, -0.05) is 30.3 Å². The van der Waals surface area contributed by atoms with Gasteiger partial charge in [0.25, 0.3) is 0 Å². The van der Waals surface area contributed by atoms with Crippen LogP contribution < -0.4 is 10.0 Å². The Morgan fingerprint density at radius 2 is 1.82 bits per heavy atom. The molecule has 0 bridgehead atoms. The number of alkyl halides is 3. The highest BCUT2D eigenvalue weighted by atomic mass is 32.2. The van der Waals surface area contributed by atoms with Crippen LogP contribution in [0.2, 0.25) is 0 Å². The van der Waals surface area contributed by atoms with Crippen molar-refractivity contribution in [1.82, 2.24) is 15.0 Å². The van der Waals surface area contributed by atoms with Crippen LogP contribution in [0.25, 0.3) is 11.1 Å². The summed E-state index contributed by atoms with van der Waals surface area (Å²) in [6.45, 7) is 1.87. The topological polar surface area (TPSA) is 88.2 Å². The third-order valence-corrected chi connectivity index (χ3v) is 6.60. The Kier molecular flexibility index (Phi) is 7.19. The number of nitrogens with zero attached hydrogens (tertiary/aromatic N) is 1.